The van der Waals surface area contributed by atoms with E-state index in [2.05, 4.69) is 39.7 Å². The van der Waals surface area contributed by atoms with Gasteiger partial charge < -0.3 is 15.2 Å². The molecule has 24 heavy (non-hydrogen) atoms. The summed E-state index contributed by atoms with van der Waals surface area (Å²) in [7, 11) is 0. The van der Waals surface area contributed by atoms with E-state index in [1.165, 1.54) is 5.56 Å². The Hall–Kier alpha value is -2.08. The molecule has 0 amide bonds. The lowest BCUT2D eigenvalue weighted by molar-refractivity contribution is 0.609. The Kier molecular flexibility index (Phi) is 7.55. The molecule has 6 nitrogen and oxygen atoms in total. The van der Waals surface area contributed by atoms with Gasteiger partial charge in [-0.05, 0) is 44.4 Å². The number of nitrogens with one attached hydrogen (secondary N) is 2. The van der Waals surface area contributed by atoms with Gasteiger partial charge in [0.05, 0.1) is 6.04 Å². The zero-order valence-electron chi connectivity index (χ0n) is 14.2. The van der Waals surface area contributed by atoms with E-state index < -0.39 is 0 Å². The summed E-state index contributed by atoms with van der Waals surface area (Å²) < 4.78 is 1.98. The first-order valence-corrected chi connectivity index (χ1v) is 8.69. The molecule has 1 atom stereocenters. The molecule has 0 aliphatic heterocycles. The average Bonchev–Trinajstić information content (AvgIpc) is 3.08. The second-order valence-electron chi connectivity index (χ2n) is 5.59. The molecule has 7 heteroatoms. The quantitative estimate of drug-likeness (QED) is 0.437. The smallest absolute Gasteiger partial charge is 0.191 e. The van der Waals surface area contributed by atoms with Gasteiger partial charge in [-0.2, -0.15) is 0 Å². The summed E-state index contributed by atoms with van der Waals surface area (Å²) in [4.78, 5) is 4.64. The van der Waals surface area contributed by atoms with Crippen molar-refractivity contribution >= 4 is 17.6 Å². The van der Waals surface area contributed by atoms with E-state index >= 15 is 0 Å². The summed E-state index contributed by atoms with van der Waals surface area (Å²) in [6.45, 7) is 6.72. The second kappa shape index (κ2) is 9.93. The standard InChI is InChI=1S/C17H25ClN6/c1-3-19-17(20-10-4-5-11-24-12-21-22-13-24)23-14(2)15-6-8-16(18)9-7-15/h6-9,12-14H,3-5,10-11H2,1-2H3,(H2,19,20,23). The van der Waals surface area contributed by atoms with Crippen molar-refractivity contribution in [1.29, 1.82) is 0 Å². The average molecular weight is 349 g/mol. The van der Waals surface area contributed by atoms with Crippen LogP contribution in [0.5, 0.6) is 0 Å². The number of guanidine groups is 1. The fraction of sp³-hybridized carbons (Fsp3) is 0.471. The van der Waals surface area contributed by atoms with Crippen LogP contribution in [0, 0.1) is 0 Å². The number of rotatable bonds is 8. The monoisotopic (exact) mass is 348 g/mol. The minimum Gasteiger partial charge on any atom is -0.357 e. The molecule has 0 aliphatic carbocycles. The van der Waals surface area contributed by atoms with Gasteiger partial charge in [0.2, 0.25) is 0 Å². The Morgan fingerprint density at radius 1 is 1.21 bits per heavy atom. The first-order valence-electron chi connectivity index (χ1n) is 8.31. The van der Waals surface area contributed by atoms with Crippen molar-refractivity contribution in [2.75, 3.05) is 13.1 Å². The molecule has 0 bridgehead atoms. The summed E-state index contributed by atoms with van der Waals surface area (Å²) in [6.07, 6.45) is 5.54. The molecule has 0 radical (unpaired) electrons. The Morgan fingerprint density at radius 2 is 1.92 bits per heavy atom. The van der Waals surface area contributed by atoms with Gasteiger partial charge >= 0.3 is 0 Å². The van der Waals surface area contributed by atoms with Crippen LogP contribution in [0.4, 0.5) is 0 Å². The van der Waals surface area contributed by atoms with Gasteiger partial charge in [0, 0.05) is 24.7 Å². The van der Waals surface area contributed by atoms with Gasteiger partial charge in [0.25, 0.3) is 0 Å². The minimum absolute atomic E-state index is 0.164. The van der Waals surface area contributed by atoms with Crippen LogP contribution in [0.1, 0.15) is 38.3 Å². The van der Waals surface area contributed by atoms with Gasteiger partial charge in [0.1, 0.15) is 12.7 Å². The third-order valence-electron chi connectivity index (χ3n) is 3.63. The lowest BCUT2D eigenvalue weighted by Gasteiger charge is -2.18. The molecule has 1 heterocycles. The van der Waals surface area contributed by atoms with Gasteiger partial charge in [0.15, 0.2) is 5.96 Å². The molecule has 1 aromatic carbocycles. The molecular weight excluding hydrogens is 324 g/mol. The number of aromatic nitrogens is 3. The van der Waals surface area contributed by atoms with E-state index in [4.69, 9.17) is 11.6 Å². The Balaban J connectivity index is 1.79. The lowest BCUT2D eigenvalue weighted by atomic mass is 10.1. The first kappa shape index (κ1) is 18.3. The molecule has 1 unspecified atom stereocenters. The molecule has 1 aromatic heterocycles. The topological polar surface area (TPSA) is 67.1 Å². The third-order valence-corrected chi connectivity index (χ3v) is 3.88. The lowest BCUT2D eigenvalue weighted by Crippen LogP contribution is -2.38. The highest BCUT2D eigenvalue weighted by Crippen LogP contribution is 2.15. The molecule has 0 fully saturated rings. The number of aryl methyl sites for hydroxylation is 1. The number of benzene rings is 1. The number of hydrogen-bond donors (Lipinski definition) is 2. The van der Waals surface area contributed by atoms with Crippen molar-refractivity contribution < 1.29 is 0 Å². The van der Waals surface area contributed by atoms with Crippen LogP contribution in [-0.2, 0) is 6.54 Å². The van der Waals surface area contributed by atoms with Crippen molar-refractivity contribution in [2.24, 2.45) is 4.99 Å². The van der Waals surface area contributed by atoms with Crippen LogP contribution in [0.3, 0.4) is 0 Å². The van der Waals surface area contributed by atoms with E-state index in [1.807, 2.05) is 28.8 Å². The molecule has 0 saturated carbocycles. The second-order valence-corrected chi connectivity index (χ2v) is 6.02. The van der Waals surface area contributed by atoms with E-state index in [9.17, 15) is 0 Å². The highest BCUT2D eigenvalue weighted by Gasteiger charge is 2.07. The van der Waals surface area contributed by atoms with Crippen molar-refractivity contribution in [3.8, 4) is 0 Å². The molecule has 0 aliphatic rings. The van der Waals surface area contributed by atoms with Crippen molar-refractivity contribution in [1.82, 2.24) is 25.4 Å². The summed E-state index contributed by atoms with van der Waals surface area (Å²) in [6, 6.07) is 8.04. The van der Waals surface area contributed by atoms with E-state index in [0.717, 1.165) is 43.5 Å². The van der Waals surface area contributed by atoms with Crippen LogP contribution in [0.2, 0.25) is 5.02 Å². The van der Waals surface area contributed by atoms with Gasteiger partial charge in [-0.15, -0.1) is 10.2 Å². The maximum atomic E-state index is 5.94. The zero-order chi connectivity index (χ0) is 17.2. The molecule has 2 N–H and O–H groups in total. The predicted molar refractivity (Wildman–Crippen MR) is 98.2 cm³/mol. The Labute approximate surface area is 148 Å². The third kappa shape index (κ3) is 6.20. The van der Waals surface area contributed by atoms with Gasteiger partial charge in [-0.3, -0.25) is 4.99 Å². The van der Waals surface area contributed by atoms with Crippen LogP contribution in [0.15, 0.2) is 41.9 Å². The normalized spacial score (nSPS) is 12.9. The van der Waals surface area contributed by atoms with E-state index in [1.54, 1.807) is 12.7 Å². The largest absolute Gasteiger partial charge is 0.357 e. The van der Waals surface area contributed by atoms with Crippen LogP contribution in [0.25, 0.3) is 0 Å². The zero-order valence-corrected chi connectivity index (χ0v) is 15.0. The Morgan fingerprint density at radius 3 is 2.58 bits per heavy atom. The van der Waals surface area contributed by atoms with E-state index in [0.29, 0.717) is 0 Å². The summed E-state index contributed by atoms with van der Waals surface area (Å²) in [5, 5.41) is 15.1. The molecule has 130 valence electrons. The van der Waals surface area contributed by atoms with Gasteiger partial charge in [-0.1, -0.05) is 23.7 Å². The maximum absolute atomic E-state index is 5.94. The van der Waals surface area contributed by atoms with Crippen LogP contribution < -0.4 is 10.6 Å². The molecule has 2 aromatic rings. The number of unbranched alkanes of at least 4 members (excludes halogenated alkanes) is 1. The predicted octanol–water partition coefficient (Wildman–Crippen LogP) is 3.03. The van der Waals surface area contributed by atoms with Crippen LogP contribution >= 0.6 is 11.6 Å². The minimum atomic E-state index is 0.164. The first-order chi connectivity index (χ1) is 11.7. The fourth-order valence-electron chi connectivity index (χ4n) is 2.29. The number of nitrogens with zero attached hydrogens (tertiary/aromatic N) is 4. The Bertz CT molecular complexity index is 609. The summed E-state index contributed by atoms with van der Waals surface area (Å²) in [5.74, 6) is 0.837. The van der Waals surface area contributed by atoms with Crippen molar-refractivity contribution in [3.05, 3.63) is 47.5 Å². The van der Waals surface area contributed by atoms with Crippen LogP contribution in [-0.4, -0.2) is 33.8 Å². The fourth-order valence-corrected chi connectivity index (χ4v) is 2.42. The van der Waals surface area contributed by atoms with E-state index in [-0.39, 0.29) is 6.04 Å². The highest BCUT2D eigenvalue weighted by molar-refractivity contribution is 6.30. The highest BCUT2D eigenvalue weighted by atomic mass is 35.5. The summed E-state index contributed by atoms with van der Waals surface area (Å²) in [5.41, 5.74) is 1.18. The number of halogens is 1. The summed E-state index contributed by atoms with van der Waals surface area (Å²) >= 11 is 5.94. The van der Waals surface area contributed by atoms with Crippen molar-refractivity contribution in [2.45, 2.75) is 39.3 Å². The van der Waals surface area contributed by atoms with Gasteiger partial charge in [-0.25, -0.2) is 0 Å². The molecular formula is C17H25ClN6. The maximum Gasteiger partial charge on any atom is 0.191 e. The number of hydrogen-bond acceptors (Lipinski definition) is 3. The molecule has 2 rings (SSSR count). The number of aliphatic imine (C=N–C) groups is 1. The molecule has 0 saturated heterocycles. The molecule has 0 spiro atoms. The van der Waals surface area contributed by atoms with Crippen molar-refractivity contribution in [3.63, 3.8) is 0 Å². The SMILES string of the molecule is CCNC(=NCCCCn1cnnc1)NC(C)c1ccc(Cl)cc1.